The Morgan fingerprint density at radius 1 is 1.33 bits per heavy atom. The Morgan fingerprint density at radius 2 is 1.80 bits per heavy atom. The van der Waals surface area contributed by atoms with Crippen molar-refractivity contribution in [1.29, 1.82) is 0 Å². The van der Waals surface area contributed by atoms with E-state index in [0.29, 0.717) is 5.56 Å². The zero-order chi connectivity index (χ0) is 11.8. The standard InChI is InChI=1S/C7H7NO2.C3H7NO/c1-6-4-2-3-5-7(6)8(9)10;1-4(2)3-5/h2-5H,1H3;3H,1-2H3. The van der Waals surface area contributed by atoms with Crippen LogP contribution in [0.1, 0.15) is 5.56 Å². The predicted molar refractivity (Wildman–Crippen MR) is 57.6 cm³/mol. The molecule has 1 rings (SSSR count). The molecule has 0 saturated heterocycles. The van der Waals surface area contributed by atoms with Crippen molar-refractivity contribution in [1.82, 2.24) is 4.90 Å². The third-order valence-electron chi connectivity index (χ3n) is 1.52. The summed E-state index contributed by atoms with van der Waals surface area (Å²) in [6, 6.07) is 6.65. The zero-order valence-corrected chi connectivity index (χ0v) is 9.01. The van der Waals surface area contributed by atoms with Crippen LogP contribution >= 0.6 is 0 Å². The summed E-state index contributed by atoms with van der Waals surface area (Å²) in [6.45, 7) is 1.72. The van der Waals surface area contributed by atoms with E-state index in [1.165, 1.54) is 11.0 Å². The predicted octanol–water partition coefficient (Wildman–Crippen LogP) is 1.61. The Bertz CT molecular complexity index is 337. The molecular weight excluding hydrogens is 196 g/mol. The number of carbonyl (C=O) groups is 1. The van der Waals surface area contributed by atoms with Crippen LogP contribution < -0.4 is 0 Å². The van der Waals surface area contributed by atoms with Crippen molar-refractivity contribution in [2.75, 3.05) is 14.1 Å². The molecule has 1 aromatic rings. The number of carbonyl (C=O) groups excluding carboxylic acids is 1. The highest BCUT2D eigenvalue weighted by molar-refractivity contribution is 5.45. The minimum absolute atomic E-state index is 0.183. The lowest BCUT2D eigenvalue weighted by molar-refractivity contribution is -0.385. The van der Waals surface area contributed by atoms with Gasteiger partial charge in [-0.05, 0) is 6.92 Å². The number of rotatable bonds is 2. The molecule has 82 valence electrons. The van der Waals surface area contributed by atoms with Gasteiger partial charge in [-0.2, -0.15) is 0 Å². The van der Waals surface area contributed by atoms with Crippen LogP contribution in [0.4, 0.5) is 5.69 Å². The number of amides is 1. The normalized spacial score (nSPS) is 8.47. The summed E-state index contributed by atoms with van der Waals surface area (Å²) in [5, 5.41) is 10.2. The highest BCUT2D eigenvalue weighted by Gasteiger charge is 2.05. The van der Waals surface area contributed by atoms with E-state index in [1.54, 1.807) is 39.2 Å². The van der Waals surface area contributed by atoms with Crippen LogP contribution in [0.5, 0.6) is 0 Å². The van der Waals surface area contributed by atoms with Crippen molar-refractivity contribution < 1.29 is 9.72 Å². The molecule has 0 aliphatic carbocycles. The molecule has 0 spiro atoms. The van der Waals surface area contributed by atoms with Gasteiger partial charge < -0.3 is 4.90 Å². The zero-order valence-electron chi connectivity index (χ0n) is 9.01. The number of nitrogens with zero attached hydrogens (tertiary/aromatic N) is 2. The first-order valence-electron chi connectivity index (χ1n) is 4.30. The molecule has 5 heteroatoms. The van der Waals surface area contributed by atoms with E-state index in [0.717, 1.165) is 6.41 Å². The fourth-order valence-electron chi connectivity index (χ4n) is 0.768. The molecule has 1 amide bonds. The van der Waals surface area contributed by atoms with E-state index in [2.05, 4.69) is 0 Å². The molecule has 0 bridgehead atoms. The number of benzene rings is 1. The first-order chi connectivity index (χ1) is 6.99. The summed E-state index contributed by atoms with van der Waals surface area (Å²) in [6.07, 6.45) is 0.750. The molecule has 0 fully saturated rings. The minimum Gasteiger partial charge on any atom is -0.351 e. The summed E-state index contributed by atoms with van der Waals surface area (Å²) >= 11 is 0. The van der Waals surface area contributed by atoms with Gasteiger partial charge >= 0.3 is 0 Å². The van der Waals surface area contributed by atoms with Crippen LogP contribution in [0.2, 0.25) is 0 Å². The third-order valence-corrected chi connectivity index (χ3v) is 1.52. The fraction of sp³-hybridized carbons (Fsp3) is 0.300. The van der Waals surface area contributed by atoms with E-state index in [9.17, 15) is 14.9 Å². The molecule has 0 heterocycles. The Hall–Kier alpha value is -1.91. The molecule has 0 atom stereocenters. The lowest BCUT2D eigenvalue weighted by Crippen LogP contribution is -2.06. The monoisotopic (exact) mass is 210 g/mol. The molecule has 0 unspecified atom stereocenters. The number of nitro benzene ring substituents is 1. The van der Waals surface area contributed by atoms with E-state index >= 15 is 0 Å². The van der Waals surface area contributed by atoms with Gasteiger partial charge in [-0.1, -0.05) is 18.2 Å². The van der Waals surface area contributed by atoms with Crippen LogP contribution in [0.3, 0.4) is 0 Å². The van der Waals surface area contributed by atoms with E-state index in [4.69, 9.17) is 0 Å². The first-order valence-corrected chi connectivity index (χ1v) is 4.30. The number of hydrogen-bond acceptors (Lipinski definition) is 3. The largest absolute Gasteiger partial charge is 0.351 e. The van der Waals surface area contributed by atoms with Gasteiger partial charge in [0.1, 0.15) is 0 Å². The van der Waals surface area contributed by atoms with Crippen molar-refractivity contribution in [3.05, 3.63) is 39.9 Å². The molecule has 0 N–H and O–H groups in total. The quantitative estimate of drug-likeness (QED) is 0.423. The van der Waals surface area contributed by atoms with Gasteiger partial charge in [0.15, 0.2) is 0 Å². The van der Waals surface area contributed by atoms with Crippen molar-refractivity contribution in [2.45, 2.75) is 6.92 Å². The Labute approximate surface area is 88.5 Å². The Morgan fingerprint density at radius 3 is 2.07 bits per heavy atom. The summed E-state index contributed by atoms with van der Waals surface area (Å²) in [5.74, 6) is 0. The number of aryl methyl sites for hydroxylation is 1. The second-order valence-electron chi connectivity index (χ2n) is 3.11. The molecule has 15 heavy (non-hydrogen) atoms. The van der Waals surface area contributed by atoms with Crippen molar-refractivity contribution >= 4 is 12.1 Å². The second kappa shape index (κ2) is 6.53. The summed E-state index contributed by atoms with van der Waals surface area (Å²) in [7, 11) is 3.38. The number of para-hydroxylation sites is 1. The second-order valence-corrected chi connectivity index (χ2v) is 3.11. The van der Waals surface area contributed by atoms with Crippen molar-refractivity contribution in [2.24, 2.45) is 0 Å². The van der Waals surface area contributed by atoms with E-state index in [1.807, 2.05) is 0 Å². The van der Waals surface area contributed by atoms with Crippen LogP contribution in [0, 0.1) is 17.0 Å². The number of hydrogen-bond donors (Lipinski definition) is 0. The number of nitro groups is 1. The lowest BCUT2D eigenvalue weighted by Gasteiger charge is -1.93. The molecule has 5 nitrogen and oxygen atoms in total. The molecule has 1 aromatic carbocycles. The highest BCUT2D eigenvalue weighted by atomic mass is 16.6. The van der Waals surface area contributed by atoms with Crippen molar-refractivity contribution in [3.63, 3.8) is 0 Å². The highest BCUT2D eigenvalue weighted by Crippen LogP contribution is 2.14. The van der Waals surface area contributed by atoms with Gasteiger partial charge in [-0.3, -0.25) is 14.9 Å². The van der Waals surface area contributed by atoms with Crippen LogP contribution in [0.25, 0.3) is 0 Å². The van der Waals surface area contributed by atoms with Gasteiger partial charge in [0.2, 0.25) is 6.41 Å². The van der Waals surface area contributed by atoms with Crippen LogP contribution in [-0.4, -0.2) is 30.3 Å². The maximum Gasteiger partial charge on any atom is 0.272 e. The first kappa shape index (κ1) is 13.1. The molecular formula is C10H14N2O3. The average molecular weight is 210 g/mol. The Balaban J connectivity index is 0.000000336. The molecule has 0 aliphatic heterocycles. The van der Waals surface area contributed by atoms with Gasteiger partial charge in [0.25, 0.3) is 5.69 Å². The van der Waals surface area contributed by atoms with Gasteiger partial charge in [-0.25, -0.2) is 0 Å². The van der Waals surface area contributed by atoms with Crippen molar-refractivity contribution in [3.8, 4) is 0 Å². The SMILES string of the molecule is CN(C)C=O.Cc1ccccc1[N+](=O)[O-]. The van der Waals surface area contributed by atoms with Gasteiger partial charge in [0.05, 0.1) is 4.92 Å². The average Bonchev–Trinajstić information content (AvgIpc) is 2.19. The van der Waals surface area contributed by atoms with Crippen LogP contribution in [0.15, 0.2) is 24.3 Å². The van der Waals surface area contributed by atoms with Crippen LogP contribution in [-0.2, 0) is 4.79 Å². The third kappa shape index (κ3) is 5.41. The summed E-state index contributed by atoms with van der Waals surface area (Å²) in [4.78, 5) is 20.7. The van der Waals surface area contributed by atoms with E-state index in [-0.39, 0.29) is 10.6 Å². The summed E-state index contributed by atoms with van der Waals surface area (Å²) < 4.78 is 0. The maximum absolute atomic E-state index is 10.2. The minimum atomic E-state index is -0.380. The maximum atomic E-state index is 10.2. The molecule has 0 aliphatic rings. The van der Waals surface area contributed by atoms with E-state index < -0.39 is 0 Å². The van der Waals surface area contributed by atoms with Gasteiger partial charge in [0, 0.05) is 25.7 Å². The summed E-state index contributed by atoms with van der Waals surface area (Å²) in [5.41, 5.74) is 0.884. The molecule has 0 radical (unpaired) electrons. The smallest absolute Gasteiger partial charge is 0.272 e. The molecule has 0 saturated carbocycles. The Kier molecular flexibility index (Phi) is 5.70. The fourth-order valence-corrected chi connectivity index (χ4v) is 0.768. The van der Waals surface area contributed by atoms with Gasteiger partial charge in [-0.15, -0.1) is 0 Å². The topological polar surface area (TPSA) is 63.5 Å². The molecule has 0 aromatic heterocycles. The lowest BCUT2D eigenvalue weighted by atomic mass is 10.2.